The summed E-state index contributed by atoms with van der Waals surface area (Å²) < 4.78 is 5.10. The summed E-state index contributed by atoms with van der Waals surface area (Å²) in [5.41, 5.74) is 0. The van der Waals surface area contributed by atoms with Crippen molar-refractivity contribution in [2.75, 3.05) is 20.3 Å². The van der Waals surface area contributed by atoms with Gasteiger partial charge in [0.2, 0.25) is 0 Å². The Morgan fingerprint density at radius 3 is 2.42 bits per heavy atom. The predicted molar refractivity (Wildman–Crippen MR) is 53.4 cm³/mol. The van der Waals surface area contributed by atoms with Gasteiger partial charge >= 0.3 is 0 Å². The Kier molecular flexibility index (Phi) is 7.51. The molecule has 0 aliphatic heterocycles. The number of nitrogens with one attached hydrogen (secondary N) is 1. The van der Waals surface area contributed by atoms with Gasteiger partial charge in [0.05, 0.1) is 0 Å². The third kappa shape index (κ3) is 5.56. The molecular formula is C10H23NO. The molecule has 0 saturated heterocycles. The molecule has 0 bridgehead atoms. The number of rotatable bonds is 7. The smallest absolute Gasteiger partial charge is 0.0488 e. The molecule has 2 nitrogen and oxygen atoms in total. The third-order valence-electron chi connectivity index (χ3n) is 2.12. The van der Waals surface area contributed by atoms with Crippen LogP contribution in [0.2, 0.25) is 0 Å². The highest BCUT2D eigenvalue weighted by Gasteiger charge is 2.09. The van der Waals surface area contributed by atoms with Gasteiger partial charge in [-0.3, -0.25) is 0 Å². The van der Waals surface area contributed by atoms with Crippen molar-refractivity contribution in [1.82, 2.24) is 5.32 Å². The highest BCUT2D eigenvalue weighted by atomic mass is 16.5. The molecule has 0 spiro atoms. The van der Waals surface area contributed by atoms with Crippen molar-refractivity contribution in [3.05, 3.63) is 0 Å². The summed E-state index contributed by atoms with van der Waals surface area (Å²) in [5.74, 6) is 0.666. The first-order valence-electron chi connectivity index (χ1n) is 4.96. The SMILES string of the molecule is CCNC(CC)CC(C)COC. The van der Waals surface area contributed by atoms with Gasteiger partial charge in [0.1, 0.15) is 0 Å². The molecule has 0 saturated carbocycles. The second-order valence-electron chi connectivity index (χ2n) is 3.46. The zero-order valence-corrected chi connectivity index (χ0v) is 8.89. The lowest BCUT2D eigenvalue weighted by Crippen LogP contribution is -2.30. The van der Waals surface area contributed by atoms with E-state index in [0.29, 0.717) is 12.0 Å². The molecule has 2 unspecified atom stereocenters. The Bertz CT molecular complexity index is 95.8. The zero-order valence-electron chi connectivity index (χ0n) is 8.89. The van der Waals surface area contributed by atoms with Crippen LogP contribution in [0.5, 0.6) is 0 Å². The lowest BCUT2D eigenvalue weighted by molar-refractivity contribution is 0.149. The first-order chi connectivity index (χ1) is 5.74. The van der Waals surface area contributed by atoms with Crippen LogP contribution in [0.15, 0.2) is 0 Å². The van der Waals surface area contributed by atoms with Gasteiger partial charge in [-0.2, -0.15) is 0 Å². The van der Waals surface area contributed by atoms with Crippen LogP contribution in [-0.2, 0) is 4.74 Å². The van der Waals surface area contributed by atoms with Crippen LogP contribution in [0.4, 0.5) is 0 Å². The average molecular weight is 173 g/mol. The van der Waals surface area contributed by atoms with Crippen LogP contribution in [0.1, 0.15) is 33.6 Å². The molecule has 2 atom stereocenters. The molecule has 2 heteroatoms. The summed E-state index contributed by atoms with van der Waals surface area (Å²) in [5, 5.41) is 3.47. The highest BCUT2D eigenvalue weighted by Crippen LogP contribution is 2.08. The number of methoxy groups -OCH3 is 1. The van der Waals surface area contributed by atoms with Gasteiger partial charge < -0.3 is 10.1 Å². The molecule has 0 rings (SSSR count). The Balaban J connectivity index is 3.53. The van der Waals surface area contributed by atoms with E-state index in [1.165, 1.54) is 12.8 Å². The Morgan fingerprint density at radius 2 is 2.00 bits per heavy atom. The second kappa shape index (κ2) is 7.56. The maximum absolute atomic E-state index is 5.10. The summed E-state index contributed by atoms with van der Waals surface area (Å²) in [4.78, 5) is 0. The third-order valence-corrected chi connectivity index (χ3v) is 2.12. The molecule has 1 N–H and O–H groups in total. The molecule has 0 radical (unpaired) electrons. The first-order valence-corrected chi connectivity index (χ1v) is 4.96. The Labute approximate surface area is 76.7 Å². The lowest BCUT2D eigenvalue weighted by atomic mass is 10.0. The largest absolute Gasteiger partial charge is 0.384 e. The Hall–Kier alpha value is -0.0800. The van der Waals surface area contributed by atoms with Crippen LogP contribution >= 0.6 is 0 Å². The van der Waals surface area contributed by atoms with E-state index in [0.717, 1.165) is 13.2 Å². The molecule has 0 aromatic rings. The molecule has 0 aromatic carbocycles. The van der Waals surface area contributed by atoms with E-state index in [4.69, 9.17) is 4.74 Å². The molecule has 74 valence electrons. The fraction of sp³-hybridized carbons (Fsp3) is 1.00. The minimum Gasteiger partial charge on any atom is -0.384 e. The minimum atomic E-state index is 0.666. The fourth-order valence-electron chi connectivity index (χ4n) is 1.52. The van der Waals surface area contributed by atoms with E-state index in [1.54, 1.807) is 7.11 Å². The molecule has 0 aromatic heterocycles. The molecule has 0 heterocycles. The van der Waals surface area contributed by atoms with Crippen LogP contribution < -0.4 is 5.32 Å². The van der Waals surface area contributed by atoms with E-state index < -0.39 is 0 Å². The summed E-state index contributed by atoms with van der Waals surface area (Å²) in [6.07, 6.45) is 2.43. The summed E-state index contributed by atoms with van der Waals surface area (Å²) >= 11 is 0. The van der Waals surface area contributed by atoms with Gasteiger partial charge in [0, 0.05) is 19.8 Å². The molecular weight excluding hydrogens is 150 g/mol. The summed E-state index contributed by atoms with van der Waals surface area (Å²) in [6.45, 7) is 8.57. The van der Waals surface area contributed by atoms with Crippen LogP contribution in [-0.4, -0.2) is 26.3 Å². The quantitative estimate of drug-likeness (QED) is 0.636. The van der Waals surface area contributed by atoms with E-state index in [9.17, 15) is 0 Å². The normalized spacial score (nSPS) is 16.0. The fourth-order valence-corrected chi connectivity index (χ4v) is 1.52. The van der Waals surface area contributed by atoms with Crippen molar-refractivity contribution in [3.8, 4) is 0 Å². The van der Waals surface area contributed by atoms with Gasteiger partial charge in [-0.1, -0.05) is 20.8 Å². The maximum atomic E-state index is 5.10. The monoisotopic (exact) mass is 173 g/mol. The summed E-state index contributed by atoms with van der Waals surface area (Å²) in [7, 11) is 1.77. The van der Waals surface area contributed by atoms with E-state index in [2.05, 4.69) is 26.1 Å². The molecule has 12 heavy (non-hydrogen) atoms. The predicted octanol–water partition coefficient (Wildman–Crippen LogP) is 2.05. The van der Waals surface area contributed by atoms with Crippen LogP contribution in [0.3, 0.4) is 0 Å². The summed E-state index contributed by atoms with van der Waals surface area (Å²) in [6, 6.07) is 0.667. The molecule has 0 amide bonds. The van der Waals surface area contributed by atoms with Gasteiger partial charge in [-0.15, -0.1) is 0 Å². The number of hydrogen-bond donors (Lipinski definition) is 1. The standard InChI is InChI=1S/C10H23NO/c1-5-10(11-6-2)7-9(3)8-12-4/h9-11H,5-8H2,1-4H3. The average Bonchev–Trinajstić information content (AvgIpc) is 2.04. The molecule has 0 fully saturated rings. The second-order valence-corrected chi connectivity index (χ2v) is 3.46. The van der Waals surface area contributed by atoms with E-state index in [1.807, 2.05) is 0 Å². The van der Waals surface area contributed by atoms with Crippen molar-refractivity contribution in [3.63, 3.8) is 0 Å². The molecule has 0 aliphatic rings. The molecule has 0 aliphatic carbocycles. The highest BCUT2D eigenvalue weighted by molar-refractivity contribution is 4.67. The van der Waals surface area contributed by atoms with Gasteiger partial charge in [0.25, 0.3) is 0 Å². The van der Waals surface area contributed by atoms with Gasteiger partial charge in [0.15, 0.2) is 0 Å². The van der Waals surface area contributed by atoms with Crippen molar-refractivity contribution in [1.29, 1.82) is 0 Å². The number of hydrogen-bond acceptors (Lipinski definition) is 2. The van der Waals surface area contributed by atoms with Crippen molar-refractivity contribution >= 4 is 0 Å². The van der Waals surface area contributed by atoms with Gasteiger partial charge in [-0.25, -0.2) is 0 Å². The van der Waals surface area contributed by atoms with Crippen molar-refractivity contribution in [2.45, 2.75) is 39.7 Å². The minimum absolute atomic E-state index is 0.666. The van der Waals surface area contributed by atoms with Gasteiger partial charge in [-0.05, 0) is 25.3 Å². The van der Waals surface area contributed by atoms with Crippen LogP contribution in [0, 0.1) is 5.92 Å². The van der Waals surface area contributed by atoms with Crippen molar-refractivity contribution in [2.24, 2.45) is 5.92 Å². The van der Waals surface area contributed by atoms with Crippen molar-refractivity contribution < 1.29 is 4.74 Å². The van der Waals surface area contributed by atoms with E-state index in [-0.39, 0.29) is 0 Å². The Morgan fingerprint density at radius 1 is 1.33 bits per heavy atom. The zero-order chi connectivity index (χ0) is 9.40. The lowest BCUT2D eigenvalue weighted by Gasteiger charge is -2.19. The maximum Gasteiger partial charge on any atom is 0.0488 e. The topological polar surface area (TPSA) is 21.3 Å². The van der Waals surface area contributed by atoms with E-state index >= 15 is 0 Å². The van der Waals surface area contributed by atoms with Crippen LogP contribution in [0.25, 0.3) is 0 Å². The number of ether oxygens (including phenoxy) is 1. The first kappa shape index (κ1) is 11.9.